The van der Waals surface area contributed by atoms with E-state index in [1.54, 1.807) is 0 Å². The Bertz CT molecular complexity index is 2770. The molecule has 0 unspecified atom stereocenters. The van der Waals surface area contributed by atoms with Gasteiger partial charge in [0.25, 0.3) is 0 Å². The van der Waals surface area contributed by atoms with E-state index < -0.39 is 0 Å². The third-order valence-electron chi connectivity index (χ3n) is 10.8. The molecular weight excluding hydrogens is 681 g/mol. The van der Waals surface area contributed by atoms with Crippen LogP contribution in [0.3, 0.4) is 0 Å². The van der Waals surface area contributed by atoms with Gasteiger partial charge in [0, 0.05) is 73.0 Å². The quantitative estimate of drug-likeness (QED) is 0.177. The molecule has 270 valence electrons. The van der Waals surface area contributed by atoms with Crippen molar-refractivity contribution in [1.82, 2.24) is 9.55 Å². The second kappa shape index (κ2) is 12.5. The maximum absolute atomic E-state index is 6.69. The molecule has 4 heterocycles. The SMILES string of the molecule is Cc1cc(C(C)(C)C)cc(C)c1N1C=CN(c2cccc(Oc3ccc4c5ccc6sc7ccccc7c6c5n(-c5cc(C(C)(C)C)ccn5)c4c3)c2)C1. The van der Waals surface area contributed by atoms with Crippen LogP contribution in [0.2, 0.25) is 0 Å². The number of benzene rings is 5. The Balaban J connectivity index is 1.10. The van der Waals surface area contributed by atoms with Crippen LogP contribution in [0.4, 0.5) is 11.4 Å². The molecule has 5 aromatic carbocycles. The lowest BCUT2D eigenvalue weighted by atomic mass is 9.84. The van der Waals surface area contributed by atoms with Gasteiger partial charge in [-0.25, -0.2) is 4.98 Å². The van der Waals surface area contributed by atoms with Crippen LogP contribution < -0.4 is 14.5 Å². The van der Waals surface area contributed by atoms with E-state index in [0.29, 0.717) is 0 Å². The van der Waals surface area contributed by atoms with Crippen LogP contribution in [0, 0.1) is 13.8 Å². The van der Waals surface area contributed by atoms with E-state index in [-0.39, 0.29) is 10.8 Å². The summed E-state index contributed by atoms with van der Waals surface area (Å²) in [5.74, 6) is 2.49. The molecule has 0 aliphatic carbocycles. The lowest BCUT2D eigenvalue weighted by molar-refractivity contribution is 0.483. The molecule has 5 nitrogen and oxygen atoms in total. The van der Waals surface area contributed by atoms with Crippen LogP contribution in [0.25, 0.3) is 47.8 Å². The van der Waals surface area contributed by atoms with Crippen molar-refractivity contribution in [3.8, 4) is 17.3 Å². The van der Waals surface area contributed by atoms with E-state index in [2.05, 4.69) is 179 Å². The number of anilines is 2. The zero-order valence-corrected chi connectivity index (χ0v) is 33.2. The smallest absolute Gasteiger partial charge is 0.137 e. The molecule has 0 spiro atoms. The molecular formula is C48H46N4OS. The Labute approximate surface area is 321 Å². The van der Waals surface area contributed by atoms with E-state index >= 15 is 0 Å². The van der Waals surface area contributed by atoms with Crippen molar-refractivity contribution < 1.29 is 4.74 Å². The molecule has 3 aromatic heterocycles. The summed E-state index contributed by atoms with van der Waals surface area (Å²) >= 11 is 1.85. The first kappa shape index (κ1) is 34.2. The van der Waals surface area contributed by atoms with Crippen molar-refractivity contribution in [3.63, 3.8) is 0 Å². The second-order valence-corrected chi connectivity index (χ2v) is 17.9. The van der Waals surface area contributed by atoms with Crippen LogP contribution >= 0.6 is 11.3 Å². The number of hydrogen-bond acceptors (Lipinski definition) is 5. The zero-order valence-electron chi connectivity index (χ0n) is 32.4. The lowest BCUT2D eigenvalue weighted by Gasteiger charge is -2.27. The van der Waals surface area contributed by atoms with Gasteiger partial charge in [-0.05, 0) is 95.5 Å². The third-order valence-corrected chi connectivity index (χ3v) is 12.0. The topological polar surface area (TPSA) is 33.5 Å². The zero-order chi connectivity index (χ0) is 37.5. The highest BCUT2D eigenvalue weighted by Gasteiger charge is 2.24. The van der Waals surface area contributed by atoms with Crippen LogP contribution in [0.5, 0.6) is 11.5 Å². The van der Waals surface area contributed by atoms with Crippen molar-refractivity contribution in [2.24, 2.45) is 0 Å². The third kappa shape index (κ3) is 5.80. The molecule has 0 atom stereocenters. The van der Waals surface area contributed by atoms with Crippen LogP contribution in [-0.4, -0.2) is 16.2 Å². The van der Waals surface area contributed by atoms with Crippen LogP contribution in [0.1, 0.15) is 63.8 Å². The summed E-state index contributed by atoms with van der Waals surface area (Å²) in [6.07, 6.45) is 6.29. The average molecular weight is 727 g/mol. The van der Waals surface area contributed by atoms with Crippen molar-refractivity contribution in [3.05, 3.63) is 144 Å². The van der Waals surface area contributed by atoms with Gasteiger partial charge in [-0.15, -0.1) is 11.3 Å². The maximum Gasteiger partial charge on any atom is 0.137 e. The summed E-state index contributed by atoms with van der Waals surface area (Å²) in [5, 5.41) is 4.93. The number of ether oxygens (including phenoxy) is 1. The van der Waals surface area contributed by atoms with E-state index in [1.165, 1.54) is 64.4 Å². The molecule has 0 amide bonds. The molecule has 0 fully saturated rings. The van der Waals surface area contributed by atoms with Crippen LogP contribution in [-0.2, 0) is 10.8 Å². The summed E-state index contributed by atoms with van der Waals surface area (Å²) in [6.45, 7) is 18.8. The molecule has 1 aliphatic rings. The molecule has 54 heavy (non-hydrogen) atoms. The van der Waals surface area contributed by atoms with Gasteiger partial charge in [0.2, 0.25) is 0 Å². The van der Waals surface area contributed by atoms with Gasteiger partial charge in [0.05, 0.1) is 17.7 Å². The summed E-state index contributed by atoms with van der Waals surface area (Å²) in [5.41, 5.74) is 9.91. The minimum Gasteiger partial charge on any atom is -0.457 e. The fourth-order valence-electron chi connectivity index (χ4n) is 8.04. The highest BCUT2D eigenvalue weighted by atomic mass is 32.1. The Morgan fingerprint density at radius 3 is 2.13 bits per heavy atom. The number of nitrogens with zero attached hydrogens (tertiary/aromatic N) is 4. The molecule has 8 aromatic rings. The minimum atomic E-state index is -0.0176. The molecule has 0 N–H and O–H groups in total. The number of rotatable bonds is 5. The van der Waals surface area contributed by atoms with Crippen molar-refractivity contribution in [2.75, 3.05) is 16.5 Å². The van der Waals surface area contributed by atoms with Crippen molar-refractivity contribution in [2.45, 2.75) is 66.2 Å². The number of aryl methyl sites for hydroxylation is 2. The summed E-state index contributed by atoms with van der Waals surface area (Å²) in [7, 11) is 0. The number of pyridine rings is 1. The maximum atomic E-state index is 6.69. The highest BCUT2D eigenvalue weighted by molar-refractivity contribution is 7.26. The Kier molecular flexibility index (Phi) is 7.91. The first-order chi connectivity index (χ1) is 25.8. The van der Waals surface area contributed by atoms with Gasteiger partial charge >= 0.3 is 0 Å². The fourth-order valence-corrected chi connectivity index (χ4v) is 9.15. The first-order valence-corrected chi connectivity index (χ1v) is 19.6. The summed E-state index contributed by atoms with van der Waals surface area (Å²) < 4.78 is 11.6. The molecule has 6 heteroatoms. The van der Waals surface area contributed by atoms with Crippen molar-refractivity contribution >= 4 is 64.7 Å². The summed E-state index contributed by atoms with van der Waals surface area (Å²) in [4.78, 5) is 9.61. The molecule has 1 aliphatic heterocycles. The van der Waals surface area contributed by atoms with Crippen molar-refractivity contribution in [1.29, 1.82) is 0 Å². The van der Waals surface area contributed by atoms with E-state index in [1.807, 2.05) is 23.6 Å². The van der Waals surface area contributed by atoms with Gasteiger partial charge in [-0.1, -0.05) is 84.0 Å². The van der Waals surface area contributed by atoms with E-state index in [0.717, 1.165) is 35.2 Å². The van der Waals surface area contributed by atoms with Gasteiger partial charge in [0.1, 0.15) is 17.3 Å². The fraction of sp³-hybridized carbons (Fsp3) is 0.229. The normalized spacial score (nSPS) is 13.7. The molecule has 0 radical (unpaired) electrons. The van der Waals surface area contributed by atoms with E-state index in [9.17, 15) is 0 Å². The van der Waals surface area contributed by atoms with Gasteiger partial charge < -0.3 is 14.5 Å². The van der Waals surface area contributed by atoms with Gasteiger partial charge in [-0.2, -0.15) is 0 Å². The average Bonchev–Trinajstić information content (AvgIpc) is 3.85. The Morgan fingerprint density at radius 1 is 0.630 bits per heavy atom. The number of fused-ring (bicyclic) bond motifs is 7. The minimum absolute atomic E-state index is 0.0176. The molecule has 9 rings (SSSR count). The lowest BCUT2D eigenvalue weighted by Crippen LogP contribution is -2.26. The second-order valence-electron chi connectivity index (χ2n) is 16.8. The van der Waals surface area contributed by atoms with Gasteiger partial charge in [0.15, 0.2) is 0 Å². The van der Waals surface area contributed by atoms with Gasteiger partial charge in [-0.3, -0.25) is 4.57 Å². The summed E-state index contributed by atoms with van der Waals surface area (Å²) in [6, 6.07) is 37.2. The standard InChI is InChI=1S/C48H46N4OS/c1-30-24-33(48(6,7)8)25-31(2)45(30)51-23-22-50(29-51)34-12-11-13-35(27-34)53-36-16-17-37-38-18-19-42-44(39-14-9-10-15-41(39)54-42)46(38)52(40(37)28-36)43-26-32(20-21-49-43)47(3,4)5/h9-28H,29H2,1-8H3. The molecule has 0 saturated carbocycles. The van der Waals surface area contributed by atoms with E-state index in [4.69, 9.17) is 9.72 Å². The number of aromatic nitrogens is 2. The monoisotopic (exact) mass is 726 g/mol. The highest BCUT2D eigenvalue weighted by Crippen LogP contribution is 2.44. The van der Waals surface area contributed by atoms with Crippen LogP contribution in [0.15, 0.2) is 122 Å². The Hall–Kier alpha value is -5.59. The molecule has 0 bridgehead atoms. The number of hydrogen-bond donors (Lipinski definition) is 0. The first-order valence-electron chi connectivity index (χ1n) is 18.8. The predicted octanol–water partition coefficient (Wildman–Crippen LogP) is 13.3. The largest absolute Gasteiger partial charge is 0.457 e. The predicted molar refractivity (Wildman–Crippen MR) is 230 cm³/mol. The number of thiophene rings is 1. The molecule has 0 saturated heterocycles. The Morgan fingerprint density at radius 2 is 1.35 bits per heavy atom.